The van der Waals surface area contributed by atoms with Crippen LogP contribution in [0.25, 0.3) is 11.0 Å². The molecule has 3 aromatic carbocycles. The fourth-order valence-electron chi connectivity index (χ4n) is 4.83. The molecule has 35 heavy (non-hydrogen) atoms. The third-order valence-electron chi connectivity index (χ3n) is 6.89. The van der Waals surface area contributed by atoms with Crippen LogP contribution in [0.2, 0.25) is 0 Å². The van der Waals surface area contributed by atoms with E-state index in [1.165, 1.54) is 23.3 Å². The molecule has 0 bridgehead atoms. The van der Waals surface area contributed by atoms with Crippen molar-refractivity contribution >= 4 is 16.9 Å². The van der Waals surface area contributed by atoms with E-state index in [9.17, 15) is 9.18 Å². The highest BCUT2D eigenvalue weighted by Gasteiger charge is 2.34. The first-order valence-electron chi connectivity index (χ1n) is 12.2. The first-order valence-corrected chi connectivity index (χ1v) is 12.2. The van der Waals surface area contributed by atoms with Crippen LogP contribution in [-0.4, -0.2) is 33.5 Å². The van der Waals surface area contributed by atoms with Crippen molar-refractivity contribution in [3.63, 3.8) is 0 Å². The Kier molecular flexibility index (Phi) is 6.53. The van der Waals surface area contributed by atoms with Crippen LogP contribution in [0.4, 0.5) is 4.39 Å². The van der Waals surface area contributed by atoms with Crippen molar-refractivity contribution in [3.8, 4) is 5.75 Å². The van der Waals surface area contributed by atoms with Crippen LogP contribution in [0, 0.1) is 19.7 Å². The molecule has 4 aromatic rings. The van der Waals surface area contributed by atoms with Gasteiger partial charge in [0.15, 0.2) is 0 Å². The number of fused-ring (bicyclic) bond motifs is 1. The van der Waals surface area contributed by atoms with Crippen molar-refractivity contribution in [2.24, 2.45) is 0 Å². The summed E-state index contributed by atoms with van der Waals surface area (Å²) in [5, 5.41) is 0. The topological polar surface area (TPSA) is 47.4 Å². The summed E-state index contributed by atoms with van der Waals surface area (Å²) in [4.78, 5) is 19.6. The molecule has 5 rings (SSSR count). The minimum Gasteiger partial charge on any atom is -0.493 e. The largest absolute Gasteiger partial charge is 0.493 e. The molecule has 0 N–H and O–H groups in total. The van der Waals surface area contributed by atoms with Gasteiger partial charge in [-0.25, -0.2) is 9.37 Å². The summed E-state index contributed by atoms with van der Waals surface area (Å²) in [6.45, 7) is 6.65. The highest BCUT2D eigenvalue weighted by atomic mass is 19.1. The lowest BCUT2D eigenvalue weighted by atomic mass is 10.1. The Balaban J connectivity index is 1.30. The second-order valence-electron chi connectivity index (χ2n) is 9.31. The molecule has 0 spiro atoms. The zero-order chi connectivity index (χ0) is 24.4. The van der Waals surface area contributed by atoms with Crippen LogP contribution < -0.4 is 4.74 Å². The Morgan fingerprint density at radius 3 is 2.66 bits per heavy atom. The summed E-state index contributed by atoms with van der Waals surface area (Å²) in [5.41, 5.74) is 5.35. The second-order valence-corrected chi connectivity index (χ2v) is 9.31. The van der Waals surface area contributed by atoms with Crippen LogP contribution in [0.3, 0.4) is 0 Å². The van der Waals surface area contributed by atoms with E-state index in [0.717, 1.165) is 41.1 Å². The maximum Gasteiger partial charge on any atom is 0.223 e. The van der Waals surface area contributed by atoms with E-state index in [0.29, 0.717) is 26.1 Å². The van der Waals surface area contributed by atoms with Crippen LogP contribution in [0.15, 0.2) is 66.7 Å². The monoisotopic (exact) mass is 471 g/mol. The van der Waals surface area contributed by atoms with E-state index in [4.69, 9.17) is 9.72 Å². The van der Waals surface area contributed by atoms with Gasteiger partial charge in [-0.15, -0.1) is 0 Å². The number of amides is 1. The number of para-hydroxylation sites is 2. The minimum atomic E-state index is -0.269. The van der Waals surface area contributed by atoms with Gasteiger partial charge >= 0.3 is 0 Å². The van der Waals surface area contributed by atoms with Gasteiger partial charge < -0.3 is 14.2 Å². The Morgan fingerprint density at radius 1 is 1.03 bits per heavy atom. The third-order valence-corrected chi connectivity index (χ3v) is 6.89. The van der Waals surface area contributed by atoms with E-state index in [1.807, 2.05) is 35.2 Å². The molecule has 1 amide bonds. The molecule has 5 nitrogen and oxygen atoms in total. The summed E-state index contributed by atoms with van der Waals surface area (Å²) in [5.74, 6) is 1.74. The molecule has 1 aliphatic rings. The molecule has 2 heterocycles. The minimum absolute atomic E-state index is 0.0234. The maximum absolute atomic E-state index is 13.3. The lowest BCUT2D eigenvalue weighted by Crippen LogP contribution is -2.24. The number of carbonyl (C=O) groups is 1. The van der Waals surface area contributed by atoms with E-state index < -0.39 is 0 Å². The van der Waals surface area contributed by atoms with Gasteiger partial charge in [0, 0.05) is 32.0 Å². The van der Waals surface area contributed by atoms with Crippen molar-refractivity contribution in [1.29, 1.82) is 0 Å². The summed E-state index contributed by atoms with van der Waals surface area (Å²) in [7, 11) is 0. The number of imidazole rings is 1. The Hall–Kier alpha value is -3.67. The van der Waals surface area contributed by atoms with Crippen molar-refractivity contribution in [2.45, 2.75) is 45.7 Å². The first kappa shape index (κ1) is 23.1. The SMILES string of the molecule is Cc1cccc(OCCCn2c(C3CC(=O)N(Cc4ccc(F)cc4)C3)nc3ccccc32)c1C. The van der Waals surface area contributed by atoms with Crippen LogP contribution in [0.5, 0.6) is 5.75 Å². The lowest BCUT2D eigenvalue weighted by Gasteiger charge is -2.18. The van der Waals surface area contributed by atoms with Crippen LogP contribution >= 0.6 is 0 Å². The summed E-state index contributed by atoms with van der Waals surface area (Å²) >= 11 is 0. The normalized spacial score (nSPS) is 15.8. The van der Waals surface area contributed by atoms with Gasteiger partial charge in [0.25, 0.3) is 0 Å². The number of halogens is 1. The molecule has 1 aliphatic heterocycles. The molecule has 0 aliphatic carbocycles. The zero-order valence-electron chi connectivity index (χ0n) is 20.2. The number of ether oxygens (including phenoxy) is 1. The van der Waals surface area contributed by atoms with E-state index in [1.54, 1.807) is 12.1 Å². The fraction of sp³-hybridized carbons (Fsp3) is 0.310. The fourth-order valence-corrected chi connectivity index (χ4v) is 4.83. The van der Waals surface area contributed by atoms with Gasteiger partial charge in [-0.1, -0.05) is 36.4 Å². The molecule has 1 unspecified atom stereocenters. The number of hydrogen-bond acceptors (Lipinski definition) is 3. The number of aryl methyl sites for hydroxylation is 2. The summed E-state index contributed by atoms with van der Waals surface area (Å²) < 4.78 is 21.6. The molecular formula is C29H30FN3O2. The maximum atomic E-state index is 13.3. The number of hydrogen-bond donors (Lipinski definition) is 0. The molecule has 1 atom stereocenters. The van der Waals surface area contributed by atoms with E-state index in [2.05, 4.69) is 30.5 Å². The van der Waals surface area contributed by atoms with Crippen molar-refractivity contribution in [3.05, 3.63) is 95.1 Å². The van der Waals surface area contributed by atoms with Gasteiger partial charge in [-0.05, 0) is 67.3 Å². The Bertz CT molecular complexity index is 1350. The number of carbonyl (C=O) groups excluding carboxylic acids is 1. The Morgan fingerprint density at radius 2 is 1.83 bits per heavy atom. The smallest absolute Gasteiger partial charge is 0.223 e. The predicted molar refractivity (Wildman–Crippen MR) is 135 cm³/mol. The molecule has 1 fully saturated rings. The quantitative estimate of drug-likeness (QED) is 0.306. The molecular weight excluding hydrogens is 441 g/mol. The van der Waals surface area contributed by atoms with Crippen molar-refractivity contribution in [1.82, 2.24) is 14.5 Å². The number of benzene rings is 3. The molecule has 0 radical (unpaired) electrons. The van der Waals surface area contributed by atoms with Gasteiger partial charge in [-0.3, -0.25) is 4.79 Å². The average Bonchev–Trinajstić information content (AvgIpc) is 3.41. The molecule has 6 heteroatoms. The second kappa shape index (κ2) is 9.90. The number of nitrogens with zero attached hydrogens (tertiary/aromatic N) is 3. The lowest BCUT2D eigenvalue weighted by molar-refractivity contribution is -0.128. The van der Waals surface area contributed by atoms with Crippen LogP contribution in [0.1, 0.15) is 41.3 Å². The average molecular weight is 472 g/mol. The number of aromatic nitrogens is 2. The Labute approximate surface area is 205 Å². The molecule has 1 saturated heterocycles. The number of rotatable bonds is 8. The summed E-state index contributed by atoms with van der Waals surface area (Å²) in [6.07, 6.45) is 1.27. The van der Waals surface area contributed by atoms with Gasteiger partial charge in [-0.2, -0.15) is 0 Å². The highest BCUT2D eigenvalue weighted by Crippen LogP contribution is 2.31. The van der Waals surface area contributed by atoms with E-state index >= 15 is 0 Å². The van der Waals surface area contributed by atoms with Crippen molar-refractivity contribution in [2.75, 3.05) is 13.2 Å². The summed E-state index contributed by atoms with van der Waals surface area (Å²) in [6, 6.07) is 20.6. The first-order chi connectivity index (χ1) is 17.0. The zero-order valence-corrected chi connectivity index (χ0v) is 20.2. The molecule has 1 aromatic heterocycles. The van der Waals surface area contributed by atoms with Gasteiger partial charge in [0.1, 0.15) is 17.4 Å². The molecule has 0 saturated carbocycles. The van der Waals surface area contributed by atoms with Gasteiger partial charge in [0.2, 0.25) is 5.91 Å². The highest BCUT2D eigenvalue weighted by molar-refractivity contribution is 5.81. The van der Waals surface area contributed by atoms with E-state index in [-0.39, 0.29) is 17.6 Å². The van der Waals surface area contributed by atoms with Crippen molar-refractivity contribution < 1.29 is 13.9 Å². The predicted octanol–water partition coefficient (Wildman–Crippen LogP) is 5.78. The standard InChI is InChI=1S/C29H30FN3O2/c1-20-7-5-10-27(21(20)2)35-16-6-15-33-26-9-4-3-8-25(26)31-29(33)23-17-28(34)32(19-23)18-22-11-13-24(30)14-12-22/h3-5,7-14,23H,6,15-19H2,1-2H3. The third kappa shape index (κ3) is 4.92. The van der Waals surface area contributed by atoms with Gasteiger partial charge in [0.05, 0.1) is 17.6 Å². The van der Waals surface area contributed by atoms with Crippen LogP contribution in [-0.2, 0) is 17.9 Å². The molecule has 180 valence electrons. The number of likely N-dealkylation sites (tertiary alicyclic amines) is 1.